The lowest BCUT2D eigenvalue weighted by Crippen LogP contribution is -2.45. The fraction of sp³-hybridized carbons (Fsp3) is 0.308. The second-order valence-electron chi connectivity index (χ2n) is 4.87. The lowest BCUT2D eigenvalue weighted by atomic mass is 9.84. The van der Waals surface area contributed by atoms with E-state index in [9.17, 15) is 14.4 Å². The van der Waals surface area contributed by atoms with E-state index in [0.29, 0.717) is 5.56 Å². The van der Waals surface area contributed by atoms with Crippen molar-refractivity contribution in [3.8, 4) is 0 Å². The first-order valence-corrected chi connectivity index (χ1v) is 6.01. The molecule has 0 radical (unpaired) electrons. The van der Waals surface area contributed by atoms with Crippen LogP contribution in [-0.4, -0.2) is 23.0 Å². The maximum atomic E-state index is 12.1. The van der Waals surface area contributed by atoms with Crippen molar-refractivity contribution in [2.75, 3.05) is 0 Å². The third-order valence-corrected chi connectivity index (χ3v) is 3.67. The van der Waals surface area contributed by atoms with Gasteiger partial charge in [-0.3, -0.25) is 10.1 Å². The molecule has 1 heterocycles. The lowest BCUT2D eigenvalue weighted by Gasteiger charge is -2.26. The molecule has 3 N–H and O–H groups in total. The van der Waals surface area contributed by atoms with E-state index in [1.165, 1.54) is 12.1 Å². The molecule has 3 amide bonds. The molecule has 6 nitrogen and oxygen atoms in total. The predicted molar refractivity (Wildman–Crippen MR) is 64.5 cm³/mol. The molecular formula is C13H12N2O4. The van der Waals surface area contributed by atoms with Gasteiger partial charge in [0, 0.05) is 0 Å². The minimum absolute atomic E-state index is 0.0784. The minimum atomic E-state index is -1.03. The molecule has 2 aliphatic rings. The molecule has 98 valence electrons. The van der Waals surface area contributed by atoms with Crippen LogP contribution in [0.2, 0.25) is 0 Å². The third kappa shape index (κ3) is 1.68. The summed E-state index contributed by atoms with van der Waals surface area (Å²) in [5.41, 5.74) is -0.253. The van der Waals surface area contributed by atoms with Crippen LogP contribution < -0.4 is 10.6 Å². The highest BCUT2D eigenvalue weighted by Gasteiger charge is 2.57. The summed E-state index contributed by atoms with van der Waals surface area (Å²) >= 11 is 0. The van der Waals surface area contributed by atoms with Gasteiger partial charge in [-0.2, -0.15) is 0 Å². The number of amides is 3. The van der Waals surface area contributed by atoms with Crippen molar-refractivity contribution in [2.24, 2.45) is 5.92 Å². The molecule has 1 unspecified atom stereocenters. The van der Waals surface area contributed by atoms with Gasteiger partial charge in [-0.1, -0.05) is 12.1 Å². The Hall–Kier alpha value is -2.37. The van der Waals surface area contributed by atoms with E-state index in [2.05, 4.69) is 10.6 Å². The zero-order valence-electron chi connectivity index (χ0n) is 9.97. The number of hydrogen-bond acceptors (Lipinski definition) is 3. The summed E-state index contributed by atoms with van der Waals surface area (Å²) in [6.45, 7) is 0. The first-order valence-electron chi connectivity index (χ1n) is 6.01. The maximum absolute atomic E-state index is 12.1. The smallest absolute Gasteiger partial charge is 0.335 e. The molecule has 3 rings (SSSR count). The number of aromatic carboxylic acids is 1. The van der Waals surface area contributed by atoms with Gasteiger partial charge in [0.25, 0.3) is 5.91 Å². The Bertz CT molecular complexity index is 577. The van der Waals surface area contributed by atoms with E-state index < -0.39 is 17.5 Å². The van der Waals surface area contributed by atoms with E-state index in [0.717, 1.165) is 12.8 Å². The van der Waals surface area contributed by atoms with Crippen LogP contribution in [0.3, 0.4) is 0 Å². The number of carbonyl (C=O) groups is 3. The molecule has 1 saturated carbocycles. The van der Waals surface area contributed by atoms with Crippen LogP contribution in [0.15, 0.2) is 24.3 Å². The predicted octanol–water partition coefficient (Wildman–Crippen LogP) is 0.830. The summed E-state index contributed by atoms with van der Waals surface area (Å²) in [5.74, 6) is -1.30. The van der Waals surface area contributed by atoms with Crippen molar-refractivity contribution in [1.29, 1.82) is 0 Å². The SMILES string of the molecule is O=C1NC(=O)C(c2ccc(C(=O)O)cc2)(C2CC2)N1. The Morgan fingerprint density at radius 3 is 2.26 bits per heavy atom. The first kappa shape index (κ1) is 11.7. The Kier molecular flexibility index (Phi) is 2.35. The van der Waals surface area contributed by atoms with Crippen molar-refractivity contribution in [2.45, 2.75) is 18.4 Å². The van der Waals surface area contributed by atoms with Crippen LogP contribution in [0.1, 0.15) is 28.8 Å². The molecule has 1 atom stereocenters. The molecule has 1 saturated heterocycles. The molecule has 1 aromatic carbocycles. The number of carbonyl (C=O) groups excluding carboxylic acids is 2. The number of hydrogen-bond donors (Lipinski definition) is 3. The average molecular weight is 260 g/mol. The maximum Gasteiger partial charge on any atom is 0.335 e. The Morgan fingerprint density at radius 2 is 1.84 bits per heavy atom. The van der Waals surface area contributed by atoms with Crippen molar-refractivity contribution in [1.82, 2.24) is 10.6 Å². The van der Waals surface area contributed by atoms with Crippen molar-refractivity contribution >= 4 is 17.9 Å². The zero-order valence-corrected chi connectivity index (χ0v) is 9.97. The van der Waals surface area contributed by atoms with Crippen molar-refractivity contribution in [3.63, 3.8) is 0 Å². The second-order valence-corrected chi connectivity index (χ2v) is 4.87. The molecule has 1 aliphatic heterocycles. The van der Waals surface area contributed by atoms with E-state index in [1.54, 1.807) is 12.1 Å². The number of nitrogens with one attached hydrogen (secondary N) is 2. The van der Waals surface area contributed by atoms with E-state index in [4.69, 9.17) is 5.11 Å². The summed E-state index contributed by atoms with van der Waals surface area (Å²) in [4.78, 5) is 34.3. The van der Waals surface area contributed by atoms with Gasteiger partial charge in [-0.05, 0) is 36.5 Å². The largest absolute Gasteiger partial charge is 0.478 e. The van der Waals surface area contributed by atoms with Crippen LogP contribution in [-0.2, 0) is 10.3 Å². The highest BCUT2D eigenvalue weighted by molar-refractivity contribution is 6.08. The lowest BCUT2D eigenvalue weighted by molar-refractivity contribution is -0.125. The molecular weight excluding hydrogens is 248 g/mol. The van der Waals surface area contributed by atoms with Crippen molar-refractivity contribution in [3.05, 3.63) is 35.4 Å². The second kappa shape index (κ2) is 3.81. The monoisotopic (exact) mass is 260 g/mol. The summed E-state index contributed by atoms with van der Waals surface area (Å²) in [6, 6.07) is 5.57. The Morgan fingerprint density at radius 1 is 1.21 bits per heavy atom. The van der Waals surface area contributed by atoms with E-state index >= 15 is 0 Å². The highest BCUT2D eigenvalue weighted by atomic mass is 16.4. The van der Waals surface area contributed by atoms with Gasteiger partial charge in [0.15, 0.2) is 0 Å². The van der Waals surface area contributed by atoms with Crippen molar-refractivity contribution < 1.29 is 19.5 Å². The zero-order chi connectivity index (χ0) is 13.6. The van der Waals surface area contributed by atoms with Crippen LogP contribution in [0, 0.1) is 5.92 Å². The summed E-state index contributed by atoms with van der Waals surface area (Å²) < 4.78 is 0. The normalized spacial score (nSPS) is 25.9. The molecule has 1 aromatic rings. The van der Waals surface area contributed by atoms with Gasteiger partial charge in [0.1, 0.15) is 5.54 Å². The van der Waals surface area contributed by atoms with Crippen LogP contribution >= 0.6 is 0 Å². The number of imide groups is 1. The fourth-order valence-electron chi connectivity index (χ4n) is 2.59. The third-order valence-electron chi connectivity index (χ3n) is 3.67. The molecule has 1 aliphatic carbocycles. The number of benzene rings is 1. The summed E-state index contributed by atoms with van der Waals surface area (Å²) in [7, 11) is 0. The number of urea groups is 1. The van der Waals surface area contributed by atoms with Crippen LogP contribution in [0.25, 0.3) is 0 Å². The fourth-order valence-corrected chi connectivity index (χ4v) is 2.59. The standard InChI is InChI=1S/C13H12N2O4/c16-10(17)7-1-3-8(4-2-7)13(9-5-6-9)11(18)14-12(19)15-13/h1-4,9H,5-6H2,(H,16,17)(H2,14,15,18,19). The minimum Gasteiger partial charge on any atom is -0.478 e. The van der Waals surface area contributed by atoms with Crippen LogP contribution in [0.4, 0.5) is 4.79 Å². The van der Waals surface area contributed by atoms with Gasteiger partial charge < -0.3 is 10.4 Å². The van der Waals surface area contributed by atoms with Crippen LogP contribution in [0.5, 0.6) is 0 Å². The van der Waals surface area contributed by atoms with Gasteiger partial charge in [-0.15, -0.1) is 0 Å². The average Bonchev–Trinajstić information content (AvgIpc) is 3.16. The Labute approximate surface area is 108 Å². The quantitative estimate of drug-likeness (QED) is 0.701. The molecule has 0 spiro atoms. The molecule has 0 aromatic heterocycles. The first-order chi connectivity index (χ1) is 9.04. The number of carboxylic acid groups (broad SMARTS) is 1. The Balaban J connectivity index is 2.04. The van der Waals surface area contributed by atoms with E-state index in [1.807, 2.05) is 0 Å². The molecule has 19 heavy (non-hydrogen) atoms. The highest BCUT2D eigenvalue weighted by Crippen LogP contribution is 2.47. The van der Waals surface area contributed by atoms with Gasteiger partial charge in [0.05, 0.1) is 5.56 Å². The van der Waals surface area contributed by atoms with Gasteiger partial charge >= 0.3 is 12.0 Å². The topological polar surface area (TPSA) is 95.5 Å². The molecule has 6 heteroatoms. The van der Waals surface area contributed by atoms with Gasteiger partial charge in [-0.25, -0.2) is 9.59 Å². The summed E-state index contributed by atoms with van der Waals surface area (Å²) in [5, 5.41) is 13.8. The molecule has 0 bridgehead atoms. The number of carboxylic acids is 1. The summed E-state index contributed by atoms with van der Waals surface area (Å²) in [6.07, 6.45) is 1.74. The molecule has 2 fully saturated rings. The van der Waals surface area contributed by atoms with Gasteiger partial charge in [0.2, 0.25) is 0 Å². The van der Waals surface area contributed by atoms with E-state index in [-0.39, 0.29) is 17.4 Å². The number of rotatable bonds is 3.